The van der Waals surface area contributed by atoms with Crippen molar-refractivity contribution in [3.8, 4) is 0 Å². The van der Waals surface area contributed by atoms with E-state index in [1.807, 2.05) is 0 Å². The van der Waals surface area contributed by atoms with Gasteiger partial charge in [-0.15, -0.1) is 0 Å². The van der Waals surface area contributed by atoms with E-state index in [1.54, 1.807) is 6.92 Å². The molecule has 1 N–H and O–H groups in total. The SMILES string of the molecule is CCCCNCCOCCOC(=O)CC. The Morgan fingerprint density at radius 3 is 2.60 bits per heavy atom. The van der Waals surface area contributed by atoms with E-state index in [0.29, 0.717) is 26.2 Å². The van der Waals surface area contributed by atoms with Crippen LogP contribution >= 0.6 is 0 Å². The molecule has 0 aromatic carbocycles. The van der Waals surface area contributed by atoms with Crippen LogP contribution < -0.4 is 5.32 Å². The molecule has 0 heterocycles. The fraction of sp³-hybridized carbons (Fsp3) is 0.909. The number of unbranched alkanes of at least 4 members (excludes halogenated alkanes) is 1. The molecule has 0 amide bonds. The summed E-state index contributed by atoms with van der Waals surface area (Å²) in [5, 5.41) is 3.26. The van der Waals surface area contributed by atoms with Crippen molar-refractivity contribution in [3.05, 3.63) is 0 Å². The molecule has 0 saturated heterocycles. The Morgan fingerprint density at radius 1 is 1.13 bits per heavy atom. The minimum atomic E-state index is -0.167. The zero-order chi connectivity index (χ0) is 11.4. The largest absolute Gasteiger partial charge is 0.463 e. The highest BCUT2D eigenvalue weighted by atomic mass is 16.6. The van der Waals surface area contributed by atoms with E-state index in [1.165, 1.54) is 12.8 Å². The number of ether oxygens (including phenoxy) is 2. The second kappa shape index (κ2) is 11.5. The lowest BCUT2D eigenvalue weighted by atomic mass is 10.3. The van der Waals surface area contributed by atoms with E-state index in [4.69, 9.17) is 9.47 Å². The molecule has 0 aliphatic rings. The molecule has 0 spiro atoms. The van der Waals surface area contributed by atoms with Gasteiger partial charge in [0.15, 0.2) is 0 Å². The zero-order valence-corrected chi connectivity index (χ0v) is 9.88. The Morgan fingerprint density at radius 2 is 1.93 bits per heavy atom. The lowest BCUT2D eigenvalue weighted by Gasteiger charge is -2.06. The van der Waals surface area contributed by atoms with Gasteiger partial charge in [-0.25, -0.2) is 0 Å². The first-order valence-corrected chi connectivity index (χ1v) is 5.75. The molecule has 4 heteroatoms. The number of hydrogen-bond donors (Lipinski definition) is 1. The molecule has 0 atom stereocenters. The molecule has 0 aliphatic heterocycles. The van der Waals surface area contributed by atoms with Gasteiger partial charge in [-0.3, -0.25) is 4.79 Å². The standard InChI is InChI=1S/C11H23NO3/c1-3-5-6-12-7-8-14-9-10-15-11(13)4-2/h12H,3-10H2,1-2H3. The number of carbonyl (C=O) groups excluding carboxylic acids is 1. The number of rotatable bonds is 10. The Labute approximate surface area is 92.3 Å². The molecule has 0 bridgehead atoms. The molecular weight excluding hydrogens is 194 g/mol. The maximum absolute atomic E-state index is 10.7. The Kier molecular flexibility index (Phi) is 11.0. The maximum Gasteiger partial charge on any atom is 0.305 e. The van der Waals surface area contributed by atoms with Crippen molar-refractivity contribution < 1.29 is 14.3 Å². The minimum absolute atomic E-state index is 0.167. The van der Waals surface area contributed by atoms with Crippen molar-refractivity contribution in [1.82, 2.24) is 5.32 Å². The summed E-state index contributed by atoms with van der Waals surface area (Å²) in [6.45, 7) is 7.38. The van der Waals surface area contributed by atoms with Gasteiger partial charge in [-0.2, -0.15) is 0 Å². The van der Waals surface area contributed by atoms with Crippen molar-refractivity contribution in [2.75, 3.05) is 32.9 Å². The highest BCUT2D eigenvalue weighted by Gasteiger charge is 1.96. The van der Waals surface area contributed by atoms with Gasteiger partial charge < -0.3 is 14.8 Å². The smallest absolute Gasteiger partial charge is 0.305 e. The second-order valence-electron chi connectivity index (χ2n) is 3.29. The molecule has 0 aromatic rings. The monoisotopic (exact) mass is 217 g/mol. The second-order valence-corrected chi connectivity index (χ2v) is 3.29. The van der Waals surface area contributed by atoms with Crippen LogP contribution in [0.3, 0.4) is 0 Å². The van der Waals surface area contributed by atoms with Crippen LogP contribution in [0.1, 0.15) is 33.1 Å². The van der Waals surface area contributed by atoms with Crippen LogP contribution in [-0.4, -0.2) is 38.9 Å². The van der Waals surface area contributed by atoms with Crippen molar-refractivity contribution in [2.45, 2.75) is 33.1 Å². The van der Waals surface area contributed by atoms with Crippen LogP contribution in [0, 0.1) is 0 Å². The third-order valence-electron chi connectivity index (χ3n) is 1.91. The van der Waals surface area contributed by atoms with Gasteiger partial charge in [0.25, 0.3) is 0 Å². The molecule has 0 saturated carbocycles. The Balaban J connectivity index is 2.95. The number of hydrogen-bond acceptors (Lipinski definition) is 4. The van der Waals surface area contributed by atoms with Gasteiger partial charge in [0.1, 0.15) is 6.61 Å². The van der Waals surface area contributed by atoms with Gasteiger partial charge in [-0.1, -0.05) is 20.3 Å². The Hall–Kier alpha value is -0.610. The number of carbonyl (C=O) groups is 1. The van der Waals surface area contributed by atoms with E-state index in [9.17, 15) is 4.79 Å². The fourth-order valence-electron chi connectivity index (χ4n) is 0.990. The maximum atomic E-state index is 10.7. The summed E-state index contributed by atoms with van der Waals surface area (Å²) in [7, 11) is 0. The third kappa shape index (κ3) is 11.3. The normalized spacial score (nSPS) is 10.3. The molecule has 90 valence electrons. The summed E-state index contributed by atoms with van der Waals surface area (Å²) in [6, 6.07) is 0. The van der Waals surface area contributed by atoms with Crippen LogP contribution in [0.5, 0.6) is 0 Å². The minimum Gasteiger partial charge on any atom is -0.463 e. The summed E-state index contributed by atoms with van der Waals surface area (Å²) in [6.07, 6.45) is 2.84. The lowest BCUT2D eigenvalue weighted by Crippen LogP contribution is -2.21. The molecule has 0 rings (SSSR count). The van der Waals surface area contributed by atoms with Crippen molar-refractivity contribution in [1.29, 1.82) is 0 Å². The molecular formula is C11H23NO3. The average molecular weight is 217 g/mol. The summed E-state index contributed by atoms with van der Waals surface area (Å²) >= 11 is 0. The Bertz CT molecular complexity index is 151. The first-order chi connectivity index (χ1) is 7.31. The third-order valence-corrected chi connectivity index (χ3v) is 1.91. The van der Waals surface area contributed by atoms with E-state index >= 15 is 0 Å². The van der Waals surface area contributed by atoms with E-state index < -0.39 is 0 Å². The van der Waals surface area contributed by atoms with Crippen LogP contribution in [-0.2, 0) is 14.3 Å². The average Bonchev–Trinajstić information content (AvgIpc) is 2.26. The molecule has 0 unspecified atom stereocenters. The summed E-state index contributed by atoms with van der Waals surface area (Å²) in [5.74, 6) is -0.167. The van der Waals surface area contributed by atoms with Crippen LogP contribution in [0.4, 0.5) is 0 Å². The summed E-state index contributed by atoms with van der Waals surface area (Å²) < 4.78 is 10.1. The van der Waals surface area contributed by atoms with Gasteiger partial charge in [-0.05, 0) is 13.0 Å². The van der Waals surface area contributed by atoms with Gasteiger partial charge in [0.05, 0.1) is 13.2 Å². The molecule has 0 fully saturated rings. The first-order valence-electron chi connectivity index (χ1n) is 5.75. The van der Waals surface area contributed by atoms with E-state index in [2.05, 4.69) is 12.2 Å². The predicted octanol–water partition coefficient (Wildman–Crippen LogP) is 1.35. The lowest BCUT2D eigenvalue weighted by molar-refractivity contribution is -0.144. The van der Waals surface area contributed by atoms with Crippen molar-refractivity contribution in [2.24, 2.45) is 0 Å². The summed E-state index contributed by atoms with van der Waals surface area (Å²) in [4.78, 5) is 10.7. The van der Waals surface area contributed by atoms with Gasteiger partial charge in [0, 0.05) is 13.0 Å². The number of nitrogens with one attached hydrogen (secondary N) is 1. The molecule has 4 nitrogen and oxygen atoms in total. The molecule has 0 aromatic heterocycles. The van der Waals surface area contributed by atoms with E-state index in [0.717, 1.165) is 13.1 Å². The van der Waals surface area contributed by atoms with Crippen LogP contribution in [0.25, 0.3) is 0 Å². The fourth-order valence-corrected chi connectivity index (χ4v) is 0.990. The topological polar surface area (TPSA) is 47.6 Å². The van der Waals surface area contributed by atoms with Crippen molar-refractivity contribution >= 4 is 5.97 Å². The molecule has 0 aliphatic carbocycles. The van der Waals surface area contributed by atoms with Crippen LogP contribution in [0.2, 0.25) is 0 Å². The predicted molar refractivity (Wildman–Crippen MR) is 59.8 cm³/mol. The summed E-state index contributed by atoms with van der Waals surface area (Å²) in [5.41, 5.74) is 0. The van der Waals surface area contributed by atoms with E-state index in [-0.39, 0.29) is 5.97 Å². The van der Waals surface area contributed by atoms with Gasteiger partial charge >= 0.3 is 5.97 Å². The van der Waals surface area contributed by atoms with Gasteiger partial charge in [0.2, 0.25) is 0 Å². The zero-order valence-electron chi connectivity index (χ0n) is 9.88. The highest BCUT2D eigenvalue weighted by molar-refractivity contribution is 5.68. The van der Waals surface area contributed by atoms with Crippen molar-refractivity contribution in [3.63, 3.8) is 0 Å². The first kappa shape index (κ1) is 14.4. The molecule has 0 radical (unpaired) electrons. The highest BCUT2D eigenvalue weighted by Crippen LogP contribution is 1.85. The number of esters is 1. The van der Waals surface area contributed by atoms with Crippen LogP contribution in [0.15, 0.2) is 0 Å². The molecule has 15 heavy (non-hydrogen) atoms. The quantitative estimate of drug-likeness (QED) is 0.443.